The molecule has 9 nitrogen and oxygen atoms in total. The van der Waals surface area contributed by atoms with Gasteiger partial charge in [-0.1, -0.05) is 29.8 Å². The number of likely N-dealkylation sites (N-methyl/N-ethyl adjacent to an activating group) is 1. The fourth-order valence-corrected chi connectivity index (χ4v) is 6.04. The molecule has 0 atom stereocenters. The van der Waals surface area contributed by atoms with Crippen LogP contribution in [0.15, 0.2) is 58.2 Å². The zero-order chi connectivity index (χ0) is 25.5. The normalized spacial score (nSPS) is 14.8. The number of para-hydroxylation sites is 1. The van der Waals surface area contributed by atoms with E-state index >= 15 is 0 Å². The highest BCUT2D eigenvalue weighted by molar-refractivity contribution is 7.93. The maximum Gasteiger partial charge on any atom is 0.296 e. The molecule has 1 aliphatic rings. The molecular weight excluding hydrogens is 490 g/mol. The fraction of sp³-hybridized carbons (Fsp3) is 0.333. The summed E-state index contributed by atoms with van der Waals surface area (Å²) in [6, 6.07) is 13.2. The predicted molar refractivity (Wildman–Crippen MR) is 135 cm³/mol. The average molecular weight is 519 g/mol. The molecule has 0 spiro atoms. The molecule has 0 bridgehead atoms. The van der Waals surface area contributed by atoms with Crippen molar-refractivity contribution in [1.82, 2.24) is 14.3 Å². The summed E-state index contributed by atoms with van der Waals surface area (Å²) in [6.45, 7) is 4.52. The van der Waals surface area contributed by atoms with E-state index in [1.807, 2.05) is 6.07 Å². The molecule has 1 aliphatic heterocycles. The van der Waals surface area contributed by atoms with Crippen molar-refractivity contribution in [2.24, 2.45) is 7.05 Å². The van der Waals surface area contributed by atoms with Crippen LogP contribution >= 0.6 is 11.6 Å². The van der Waals surface area contributed by atoms with Crippen LogP contribution in [0.5, 0.6) is 0 Å². The van der Waals surface area contributed by atoms with E-state index in [1.165, 1.54) is 34.8 Å². The number of nitrogens with zero attached hydrogens (tertiary/aromatic N) is 4. The number of nitrogens with one attached hydrogen (secondary N) is 1. The molecule has 186 valence electrons. The standard InChI is InChI=1S/C24H28ClN5O4S/c1-17-22(24(32)30(27(17)3)19-8-6-5-7-9-19)28(4)35(33,34)21-16-18(10-11-20(21)25)23(31)29-14-12-26(2)13-15-29/h5-11,16H,12-15H2,1-4H3/p+1. The monoisotopic (exact) mass is 518 g/mol. The van der Waals surface area contributed by atoms with Crippen LogP contribution in [0, 0.1) is 6.92 Å². The van der Waals surface area contributed by atoms with Crippen molar-refractivity contribution in [3.63, 3.8) is 0 Å². The van der Waals surface area contributed by atoms with Crippen LogP contribution in [0.25, 0.3) is 5.69 Å². The number of amides is 1. The van der Waals surface area contributed by atoms with Gasteiger partial charge in [-0.05, 0) is 37.3 Å². The molecule has 2 aromatic carbocycles. The van der Waals surface area contributed by atoms with Gasteiger partial charge in [0, 0.05) is 19.7 Å². The van der Waals surface area contributed by atoms with Gasteiger partial charge in [0.05, 0.1) is 49.6 Å². The van der Waals surface area contributed by atoms with Crippen LogP contribution in [-0.4, -0.2) is 68.9 Å². The van der Waals surface area contributed by atoms with Gasteiger partial charge >= 0.3 is 0 Å². The van der Waals surface area contributed by atoms with Gasteiger partial charge in [0.15, 0.2) is 0 Å². The Morgan fingerprint density at radius 3 is 2.34 bits per heavy atom. The molecule has 11 heteroatoms. The Kier molecular flexibility index (Phi) is 6.81. The van der Waals surface area contributed by atoms with E-state index < -0.39 is 15.6 Å². The number of hydrogen-bond donors (Lipinski definition) is 1. The minimum Gasteiger partial charge on any atom is -0.334 e. The summed E-state index contributed by atoms with van der Waals surface area (Å²) in [5.41, 5.74) is 0.845. The Hall–Kier alpha value is -3.08. The van der Waals surface area contributed by atoms with Crippen LogP contribution in [0.1, 0.15) is 16.1 Å². The molecule has 1 fully saturated rings. The van der Waals surface area contributed by atoms with E-state index in [0.717, 1.165) is 17.4 Å². The highest BCUT2D eigenvalue weighted by atomic mass is 35.5. The molecule has 0 unspecified atom stereocenters. The van der Waals surface area contributed by atoms with Gasteiger partial charge in [0.2, 0.25) is 0 Å². The number of quaternary nitrogens is 1. The van der Waals surface area contributed by atoms with Gasteiger partial charge in [-0.25, -0.2) is 13.1 Å². The lowest BCUT2D eigenvalue weighted by Gasteiger charge is -2.30. The maximum absolute atomic E-state index is 13.7. The molecular formula is C24H29ClN5O4S+. The molecule has 0 saturated carbocycles. The number of rotatable bonds is 5. The molecule has 3 aromatic rings. The molecule has 0 aliphatic carbocycles. The number of carbonyl (C=O) groups excluding carboxylic acids is 1. The Labute approximate surface area is 209 Å². The number of aromatic nitrogens is 2. The van der Waals surface area contributed by atoms with Crippen molar-refractivity contribution in [2.75, 3.05) is 44.6 Å². The Morgan fingerprint density at radius 2 is 1.71 bits per heavy atom. The first-order chi connectivity index (χ1) is 16.5. The number of carbonyl (C=O) groups is 1. The van der Waals surface area contributed by atoms with Gasteiger partial charge in [-0.3, -0.25) is 18.6 Å². The van der Waals surface area contributed by atoms with E-state index in [0.29, 0.717) is 24.5 Å². The Balaban J connectivity index is 1.74. The summed E-state index contributed by atoms with van der Waals surface area (Å²) in [7, 11) is 0.836. The van der Waals surface area contributed by atoms with Crippen molar-refractivity contribution in [3.8, 4) is 5.69 Å². The smallest absolute Gasteiger partial charge is 0.296 e. The van der Waals surface area contributed by atoms with E-state index in [-0.39, 0.29) is 27.1 Å². The van der Waals surface area contributed by atoms with Crippen LogP contribution < -0.4 is 14.8 Å². The lowest BCUT2D eigenvalue weighted by Crippen LogP contribution is -3.12. The zero-order valence-electron chi connectivity index (χ0n) is 20.2. The van der Waals surface area contributed by atoms with Crippen molar-refractivity contribution >= 4 is 33.2 Å². The van der Waals surface area contributed by atoms with Crippen LogP contribution in [0.2, 0.25) is 5.02 Å². The molecule has 0 radical (unpaired) electrons. The molecule has 1 N–H and O–H groups in total. The van der Waals surface area contributed by atoms with E-state index in [2.05, 4.69) is 7.05 Å². The highest BCUT2D eigenvalue weighted by Crippen LogP contribution is 2.29. The summed E-state index contributed by atoms with van der Waals surface area (Å²) in [6.07, 6.45) is 0. The second-order valence-electron chi connectivity index (χ2n) is 8.78. The summed E-state index contributed by atoms with van der Waals surface area (Å²) in [5.74, 6) is -0.240. The third-order valence-corrected chi connectivity index (χ3v) is 8.80. The first-order valence-corrected chi connectivity index (χ1v) is 13.1. The van der Waals surface area contributed by atoms with Crippen LogP contribution in [-0.2, 0) is 17.1 Å². The van der Waals surface area contributed by atoms with E-state index in [1.54, 1.807) is 47.8 Å². The second-order valence-corrected chi connectivity index (χ2v) is 11.1. The van der Waals surface area contributed by atoms with Crippen molar-refractivity contribution < 1.29 is 18.1 Å². The molecule has 1 saturated heterocycles. The summed E-state index contributed by atoms with van der Waals surface area (Å²) in [5, 5.41) is -0.0202. The van der Waals surface area contributed by atoms with Gasteiger partial charge in [0.25, 0.3) is 21.5 Å². The number of anilines is 1. The SMILES string of the molecule is Cc1c(N(C)S(=O)(=O)c2cc(C(=O)N3CC[NH+](C)CC3)ccc2Cl)c(=O)n(-c2ccccc2)n1C. The number of halogens is 1. The number of benzene rings is 2. The van der Waals surface area contributed by atoms with Crippen molar-refractivity contribution in [2.45, 2.75) is 11.8 Å². The third-order valence-electron chi connectivity index (χ3n) is 6.56. The number of piperazine rings is 1. The summed E-state index contributed by atoms with van der Waals surface area (Å²) < 4.78 is 31.3. The highest BCUT2D eigenvalue weighted by Gasteiger charge is 2.31. The average Bonchev–Trinajstić information content (AvgIpc) is 3.07. The van der Waals surface area contributed by atoms with Crippen LogP contribution in [0.4, 0.5) is 5.69 Å². The van der Waals surface area contributed by atoms with Gasteiger partial charge < -0.3 is 9.80 Å². The quantitative estimate of drug-likeness (QED) is 0.544. The Bertz CT molecular complexity index is 1420. The molecule has 1 amide bonds. The zero-order valence-corrected chi connectivity index (χ0v) is 21.7. The maximum atomic E-state index is 13.7. The molecule has 4 rings (SSSR count). The van der Waals surface area contributed by atoms with E-state index in [9.17, 15) is 18.0 Å². The summed E-state index contributed by atoms with van der Waals surface area (Å²) >= 11 is 6.31. The molecule has 2 heterocycles. The van der Waals surface area contributed by atoms with Crippen molar-refractivity contribution in [1.29, 1.82) is 0 Å². The summed E-state index contributed by atoms with van der Waals surface area (Å²) in [4.78, 5) is 29.3. The largest absolute Gasteiger partial charge is 0.334 e. The molecule has 35 heavy (non-hydrogen) atoms. The third kappa shape index (κ3) is 4.49. The van der Waals surface area contributed by atoms with Gasteiger partial charge in [0.1, 0.15) is 10.6 Å². The lowest BCUT2D eigenvalue weighted by atomic mass is 10.2. The molecule has 1 aromatic heterocycles. The van der Waals surface area contributed by atoms with Crippen LogP contribution in [0.3, 0.4) is 0 Å². The minimum atomic E-state index is -4.25. The second kappa shape index (κ2) is 9.52. The lowest BCUT2D eigenvalue weighted by molar-refractivity contribution is -0.883. The first-order valence-electron chi connectivity index (χ1n) is 11.3. The van der Waals surface area contributed by atoms with Crippen molar-refractivity contribution in [3.05, 3.63) is 75.2 Å². The minimum absolute atomic E-state index is 0.00573. The number of hydrogen-bond acceptors (Lipinski definition) is 4. The predicted octanol–water partition coefficient (Wildman–Crippen LogP) is 0.933. The number of sulfonamides is 1. The fourth-order valence-electron chi connectivity index (χ4n) is 4.29. The van der Waals surface area contributed by atoms with E-state index in [4.69, 9.17) is 11.6 Å². The van der Waals surface area contributed by atoms with Gasteiger partial charge in [-0.15, -0.1) is 0 Å². The Morgan fingerprint density at radius 1 is 1.09 bits per heavy atom. The topological polar surface area (TPSA) is 89.1 Å². The first kappa shape index (κ1) is 25.0. The van der Waals surface area contributed by atoms with Gasteiger partial charge in [-0.2, -0.15) is 0 Å².